The van der Waals surface area contributed by atoms with Crippen molar-refractivity contribution >= 4 is 0 Å². The number of rotatable bonds is 10. The molecule has 4 fully saturated rings. The maximum Gasteiger partial charge on any atom is 0.426 e. The average molecular weight is 587 g/mol. The van der Waals surface area contributed by atoms with Gasteiger partial charge in [-0.2, -0.15) is 39.5 Å². The number of alkyl halides is 10. The summed E-state index contributed by atoms with van der Waals surface area (Å²) in [7, 11) is 0. The molecule has 13 heteroatoms. The van der Waals surface area contributed by atoms with Crippen LogP contribution in [0.4, 0.5) is 43.9 Å². The van der Waals surface area contributed by atoms with Crippen LogP contribution >= 0.6 is 0 Å². The lowest BCUT2D eigenvalue weighted by atomic mass is 9.67. The average Bonchev–Trinajstić information content (AvgIpc) is 3.55. The molecule has 0 aromatic carbocycles. The van der Waals surface area contributed by atoms with E-state index < -0.39 is 73.7 Å². The Morgan fingerprint density at radius 1 is 0.744 bits per heavy atom. The molecule has 3 nitrogen and oxygen atoms in total. The Morgan fingerprint density at radius 3 is 1.85 bits per heavy atom. The van der Waals surface area contributed by atoms with Crippen LogP contribution in [-0.4, -0.2) is 55.4 Å². The molecule has 0 aromatic heterocycles. The van der Waals surface area contributed by atoms with Crippen molar-refractivity contribution in [2.45, 2.75) is 101 Å². The van der Waals surface area contributed by atoms with Crippen molar-refractivity contribution < 1.29 is 58.1 Å². The normalized spacial score (nSPS) is 38.5. The molecule has 0 aliphatic heterocycles. The molecule has 0 saturated heterocycles. The van der Waals surface area contributed by atoms with E-state index in [9.17, 15) is 39.5 Å². The van der Waals surface area contributed by atoms with Gasteiger partial charge in [0.15, 0.2) is 11.3 Å². The standard InChI is InChI=1S/C26H36F10O3/c1-14-15(2)20-10-18(14)11-22(20,27)21(3,24(28,29)30)39-13-37-6-7-38-23(25(31,32)33,26(34,35)36)12-19-9-16-4-5-17(19)8-16/h14-20H,4-13H2,1-3H3. The third kappa shape index (κ3) is 5.08. The molecule has 4 aliphatic carbocycles. The summed E-state index contributed by atoms with van der Waals surface area (Å²) >= 11 is 0. The fourth-order valence-corrected chi connectivity index (χ4v) is 8.05. The van der Waals surface area contributed by atoms with Crippen LogP contribution in [0.5, 0.6) is 0 Å². The van der Waals surface area contributed by atoms with E-state index >= 15 is 4.39 Å². The van der Waals surface area contributed by atoms with Gasteiger partial charge in [-0.1, -0.05) is 20.3 Å². The predicted molar refractivity (Wildman–Crippen MR) is 119 cm³/mol. The smallest absolute Gasteiger partial charge is 0.356 e. The van der Waals surface area contributed by atoms with Crippen molar-refractivity contribution in [2.75, 3.05) is 20.0 Å². The first-order chi connectivity index (χ1) is 17.8. The van der Waals surface area contributed by atoms with E-state index in [2.05, 4.69) is 4.74 Å². The van der Waals surface area contributed by atoms with E-state index in [-0.39, 0.29) is 48.9 Å². The van der Waals surface area contributed by atoms with Gasteiger partial charge in [0.05, 0.1) is 13.2 Å². The number of ether oxygens (including phenoxy) is 3. The highest BCUT2D eigenvalue weighted by Crippen LogP contribution is 2.65. The zero-order valence-corrected chi connectivity index (χ0v) is 22.1. The molecule has 0 radical (unpaired) electrons. The summed E-state index contributed by atoms with van der Waals surface area (Å²) < 4.78 is 156. The molecule has 4 aliphatic rings. The van der Waals surface area contributed by atoms with Crippen LogP contribution in [0.15, 0.2) is 0 Å². The minimum absolute atomic E-state index is 0.0479. The maximum absolute atomic E-state index is 16.1. The first kappa shape index (κ1) is 31.1. The third-order valence-corrected chi connectivity index (χ3v) is 10.6. The highest BCUT2D eigenvalue weighted by molar-refractivity contribution is 5.17. The molecule has 4 rings (SSSR count). The Balaban J connectivity index is 1.38. The van der Waals surface area contributed by atoms with E-state index in [0.717, 1.165) is 6.42 Å². The molecule has 0 aromatic rings. The topological polar surface area (TPSA) is 27.7 Å². The Labute approximate surface area is 221 Å². The summed E-state index contributed by atoms with van der Waals surface area (Å²) in [6.45, 7) is 0.867. The molecule has 0 heterocycles. The zero-order valence-electron chi connectivity index (χ0n) is 22.1. The number of hydrogen-bond donors (Lipinski definition) is 0. The van der Waals surface area contributed by atoms with Gasteiger partial charge in [0.2, 0.25) is 0 Å². The van der Waals surface area contributed by atoms with Gasteiger partial charge in [-0.25, -0.2) is 4.39 Å². The lowest BCUT2D eigenvalue weighted by Crippen LogP contribution is -2.64. The van der Waals surface area contributed by atoms with Crippen LogP contribution in [0.25, 0.3) is 0 Å². The molecule has 0 N–H and O–H groups in total. The first-order valence-corrected chi connectivity index (χ1v) is 13.5. The molecule has 0 spiro atoms. The molecular weight excluding hydrogens is 550 g/mol. The fraction of sp³-hybridized carbons (Fsp3) is 1.00. The molecule has 39 heavy (non-hydrogen) atoms. The Morgan fingerprint density at radius 2 is 1.38 bits per heavy atom. The van der Waals surface area contributed by atoms with Crippen LogP contribution in [0.1, 0.15) is 65.7 Å². The van der Waals surface area contributed by atoms with Gasteiger partial charge >= 0.3 is 18.5 Å². The Hall–Kier alpha value is -0.820. The Bertz CT molecular complexity index is 858. The van der Waals surface area contributed by atoms with Gasteiger partial charge in [-0.3, -0.25) is 0 Å². The first-order valence-electron chi connectivity index (χ1n) is 13.5. The second-order valence-electron chi connectivity index (χ2n) is 12.4. The fourth-order valence-electron chi connectivity index (χ4n) is 8.05. The van der Waals surface area contributed by atoms with Crippen molar-refractivity contribution in [2.24, 2.45) is 41.4 Å². The van der Waals surface area contributed by atoms with Gasteiger partial charge in [0.25, 0.3) is 5.60 Å². The van der Waals surface area contributed by atoms with Crippen LogP contribution in [0.2, 0.25) is 0 Å². The van der Waals surface area contributed by atoms with Crippen molar-refractivity contribution in [1.29, 1.82) is 0 Å². The Kier molecular flexibility index (Phi) is 8.12. The van der Waals surface area contributed by atoms with E-state index in [4.69, 9.17) is 9.47 Å². The van der Waals surface area contributed by atoms with Crippen LogP contribution in [0.3, 0.4) is 0 Å². The SMILES string of the molecule is CC1C2CC(C1C)C(F)(C(C)(OCOCCOC(CC1CC3CCC1C3)(C(F)(F)F)C(F)(F)F)C(F)(F)F)C2. The van der Waals surface area contributed by atoms with Gasteiger partial charge in [0, 0.05) is 0 Å². The van der Waals surface area contributed by atoms with Gasteiger partial charge in [-0.05, 0) is 86.9 Å². The summed E-state index contributed by atoms with van der Waals surface area (Å²) in [6, 6.07) is 0. The van der Waals surface area contributed by atoms with Crippen molar-refractivity contribution in [3.8, 4) is 0 Å². The van der Waals surface area contributed by atoms with Crippen molar-refractivity contribution in [1.82, 2.24) is 0 Å². The number of fused-ring (bicyclic) bond motifs is 4. The van der Waals surface area contributed by atoms with Crippen LogP contribution in [-0.2, 0) is 14.2 Å². The minimum atomic E-state index is -5.77. The van der Waals surface area contributed by atoms with E-state index in [0.29, 0.717) is 19.8 Å². The molecule has 4 saturated carbocycles. The summed E-state index contributed by atoms with van der Waals surface area (Å²) in [5.41, 5.74) is -10.4. The van der Waals surface area contributed by atoms with E-state index in [1.807, 2.05) is 6.92 Å². The maximum atomic E-state index is 16.1. The highest BCUT2D eigenvalue weighted by atomic mass is 19.4. The second-order valence-corrected chi connectivity index (χ2v) is 12.4. The third-order valence-electron chi connectivity index (χ3n) is 10.6. The van der Waals surface area contributed by atoms with Crippen molar-refractivity contribution in [3.63, 3.8) is 0 Å². The van der Waals surface area contributed by atoms with Crippen LogP contribution < -0.4 is 0 Å². The highest BCUT2D eigenvalue weighted by Gasteiger charge is 2.75. The molecule has 9 unspecified atom stereocenters. The number of hydrogen-bond acceptors (Lipinski definition) is 3. The summed E-state index contributed by atoms with van der Waals surface area (Å²) in [5, 5.41) is 0. The molecule has 0 amide bonds. The van der Waals surface area contributed by atoms with Crippen LogP contribution in [0, 0.1) is 41.4 Å². The van der Waals surface area contributed by atoms with E-state index in [1.165, 1.54) is 0 Å². The quantitative estimate of drug-likeness (QED) is 0.147. The molecule has 228 valence electrons. The summed E-state index contributed by atoms with van der Waals surface area (Å²) in [5.74, 6) is -2.33. The predicted octanol–water partition coefficient (Wildman–Crippen LogP) is 8.02. The zero-order chi connectivity index (χ0) is 29.2. The number of halogens is 10. The monoisotopic (exact) mass is 586 g/mol. The molecule has 9 atom stereocenters. The minimum Gasteiger partial charge on any atom is -0.356 e. The molecule has 4 bridgehead atoms. The van der Waals surface area contributed by atoms with E-state index in [1.54, 1.807) is 6.92 Å². The lowest BCUT2D eigenvalue weighted by Gasteiger charge is -2.48. The van der Waals surface area contributed by atoms with Gasteiger partial charge in [0.1, 0.15) is 6.79 Å². The second kappa shape index (κ2) is 10.2. The van der Waals surface area contributed by atoms with Gasteiger partial charge in [-0.15, -0.1) is 0 Å². The summed E-state index contributed by atoms with van der Waals surface area (Å²) in [6.07, 6.45) is -15.8. The van der Waals surface area contributed by atoms with Crippen molar-refractivity contribution in [3.05, 3.63) is 0 Å². The largest absolute Gasteiger partial charge is 0.426 e. The molecular formula is C26H36F10O3. The lowest BCUT2D eigenvalue weighted by molar-refractivity contribution is -0.388. The summed E-state index contributed by atoms with van der Waals surface area (Å²) in [4.78, 5) is 0. The van der Waals surface area contributed by atoms with Gasteiger partial charge < -0.3 is 14.2 Å².